The maximum absolute atomic E-state index is 12.2. The minimum atomic E-state index is -0.162. The van der Waals surface area contributed by atoms with E-state index in [2.05, 4.69) is 137 Å². The molecule has 2 aliphatic carbocycles. The maximum Gasteiger partial charge on any atom is 0.123 e. The van der Waals surface area contributed by atoms with Gasteiger partial charge in [-0.15, -0.1) is 11.3 Å². The predicted molar refractivity (Wildman–Crippen MR) is 276 cm³/mol. The highest BCUT2D eigenvalue weighted by molar-refractivity contribution is 7.12. The summed E-state index contributed by atoms with van der Waals surface area (Å²) in [6.45, 7) is 42.4. The van der Waals surface area contributed by atoms with Crippen LogP contribution in [0.4, 0.5) is 4.39 Å². The van der Waals surface area contributed by atoms with Crippen LogP contribution in [-0.4, -0.2) is 0 Å². The smallest absolute Gasteiger partial charge is 0.123 e. The van der Waals surface area contributed by atoms with Gasteiger partial charge in [0.1, 0.15) is 5.82 Å². The standard InChI is InChI=1S/C21H22.C14H16S.C8H12.C7H7F.C7H8.C2H6/c1-7-15-14(4)12-19-20(16(15)8-2)17-10-9-13(3)11-18(17)21(19,5)6;1-4-5-8-12-11(3)15-13-9-6-7-10(2)14(12)13;1-4-7-8(5-2)6-3;1-6-3-2-4-7(8)5-6;1-7-5-3-2-4-6-7;1-2/h7-12H,1-2H2,3-6H3;4-5,7-8H,1,6,9H2,2-3H3;4-5,7H,1-2,6H2,3H3;2-5H,1H3;2-6H,1H3;1-2H3/b;8-5-;8-7+;;;. The Balaban J connectivity index is 0.000000280. The van der Waals surface area contributed by atoms with Crippen LogP contribution in [0.1, 0.15) is 120 Å². The summed E-state index contributed by atoms with van der Waals surface area (Å²) in [6.07, 6.45) is 21.4. The molecule has 0 unspecified atom stereocenters. The van der Waals surface area contributed by atoms with Gasteiger partial charge in [0.05, 0.1) is 0 Å². The molecule has 0 radical (unpaired) electrons. The molecule has 61 heavy (non-hydrogen) atoms. The molecule has 2 aliphatic rings. The Morgan fingerprint density at radius 2 is 1.34 bits per heavy atom. The van der Waals surface area contributed by atoms with Crippen molar-refractivity contribution in [3.05, 3.63) is 225 Å². The third-order valence-corrected chi connectivity index (χ3v) is 11.7. The molecule has 4 aromatic carbocycles. The Hall–Kier alpha value is -5.57. The van der Waals surface area contributed by atoms with Gasteiger partial charge in [-0.05, 0) is 140 Å². The molecule has 0 bridgehead atoms. The number of allylic oxidation sites excluding steroid dienone is 8. The Bertz CT molecular complexity index is 2320. The zero-order valence-electron chi connectivity index (χ0n) is 39.1. The van der Waals surface area contributed by atoms with Crippen LogP contribution in [0, 0.1) is 40.4 Å². The quantitative estimate of drug-likeness (QED) is 0.143. The van der Waals surface area contributed by atoms with E-state index >= 15 is 0 Å². The summed E-state index contributed by atoms with van der Waals surface area (Å²) in [4.78, 5) is 2.98. The molecule has 2 heteroatoms. The van der Waals surface area contributed by atoms with Gasteiger partial charge in [0.2, 0.25) is 0 Å². The minimum absolute atomic E-state index is 0.0406. The summed E-state index contributed by atoms with van der Waals surface area (Å²) in [5.74, 6) is -0.162. The highest BCUT2D eigenvalue weighted by Crippen LogP contribution is 2.52. The zero-order valence-corrected chi connectivity index (χ0v) is 40.0. The molecule has 1 heterocycles. The fourth-order valence-electron chi connectivity index (χ4n) is 7.40. The van der Waals surface area contributed by atoms with Crippen LogP contribution in [0.3, 0.4) is 0 Å². The fraction of sp³-hybridized carbons (Fsp3) is 0.254. The molecule has 320 valence electrons. The summed E-state index contributed by atoms with van der Waals surface area (Å²) < 4.78 is 12.2. The minimum Gasteiger partial charge on any atom is -0.207 e. The second-order valence-corrected chi connectivity index (χ2v) is 16.7. The monoisotopic (exact) mass is 831 g/mol. The van der Waals surface area contributed by atoms with E-state index in [1.54, 1.807) is 17.0 Å². The molecule has 0 fully saturated rings. The SMILES string of the molecule is C=C/C=C(\C=C)CC.C=C/C=C\c1c(C)sc2c1C(C)=CCC2.C=Cc1c(C)cc2c(c1C=C)-c1ccc(C)cc1C2(C)C.CC.Cc1cccc(F)c1.Cc1ccccc1. The molecule has 0 saturated carbocycles. The van der Waals surface area contributed by atoms with Crippen molar-refractivity contribution >= 4 is 35.1 Å². The van der Waals surface area contributed by atoms with Gasteiger partial charge in [0, 0.05) is 15.2 Å². The Labute approximate surface area is 374 Å². The van der Waals surface area contributed by atoms with Crippen molar-refractivity contribution in [3.63, 3.8) is 0 Å². The molecular weight excluding hydrogens is 760 g/mol. The fourth-order valence-corrected chi connectivity index (χ4v) is 8.64. The van der Waals surface area contributed by atoms with Crippen molar-refractivity contribution in [2.45, 2.75) is 101 Å². The van der Waals surface area contributed by atoms with Gasteiger partial charge in [0.25, 0.3) is 0 Å². The topological polar surface area (TPSA) is 0 Å². The third kappa shape index (κ3) is 14.3. The first-order chi connectivity index (χ1) is 29.2. The second kappa shape index (κ2) is 25.9. The highest BCUT2D eigenvalue weighted by Gasteiger charge is 2.37. The molecular formula is C59H71FS. The van der Waals surface area contributed by atoms with Crippen LogP contribution in [-0.2, 0) is 11.8 Å². The van der Waals surface area contributed by atoms with Crippen LogP contribution in [0.2, 0.25) is 0 Å². The number of thiophene rings is 1. The van der Waals surface area contributed by atoms with E-state index in [1.807, 2.05) is 92.8 Å². The zero-order chi connectivity index (χ0) is 45.7. The van der Waals surface area contributed by atoms with Gasteiger partial charge >= 0.3 is 0 Å². The lowest BCUT2D eigenvalue weighted by Gasteiger charge is -2.23. The predicted octanol–water partition coefficient (Wildman–Crippen LogP) is 18.4. The molecule has 0 spiro atoms. The summed E-state index contributed by atoms with van der Waals surface area (Å²) in [6, 6.07) is 25.9. The van der Waals surface area contributed by atoms with Crippen molar-refractivity contribution in [2.75, 3.05) is 0 Å². The summed E-state index contributed by atoms with van der Waals surface area (Å²) in [5.41, 5.74) is 18.4. The Morgan fingerprint density at radius 3 is 1.84 bits per heavy atom. The van der Waals surface area contributed by atoms with Crippen LogP contribution >= 0.6 is 11.3 Å². The van der Waals surface area contributed by atoms with E-state index in [0.29, 0.717) is 0 Å². The van der Waals surface area contributed by atoms with Crippen LogP contribution < -0.4 is 0 Å². The van der Waals surface area contributed by atoms with E-state index in [-0.39, 0.29) is 11.2 Å². The number of hydrogen-bond acceptors (Lipinski definition) is 1. The molecule has 5 aromatic rings. The average molecular weight is 831 g/mol. The average Bonchev–Trinajstić information content (AvgIpc) is 3.69. The van der Waals surface area contributed by atoms with Crippen molar-refractivity contribution in [3.8, 4) is 11.1 Å². The highest BCUT2D eigenvalue weighted by atomic mass is 32.1. The number of hydrogen-bond donors (Lipinski definition) is 0. The summed E-state index contributed by atoms with van der Waals surface area (Å²) in [5, 5.41) is 0. The summed E-state index contributed by atoms with van der Waals surface area (Å²) >= 11 is 1.94. The third-order valence-electron chi connectivity index (χ3n) is 10.6. The molecule has 1 aromatic heterocycles. The molecule has 0 nitrogen and oxygen atoms in total. The van der Waals surface area contributed by atoms with Crippen molar-refractivity contribution in [1.82, 2.24) is 0 Å². The number of benzene rings is 4. The number of rotatable bonds is 7. The lowest BCUT2D eigenvalue weighted by Crippen LogP contribution is -2.15. The molecule has 0 aliphatic heterocycles. The van der Waals surface area contributed by atoms with Gasteiger partial charge in [-0.25, -0.2) is 4.39 Å². The Morgan fingerprint density at radius 1 is 0.705 bits per heavy atom. The van der Waals surface area contributed by atoms with E-state index in [1.165, 1.54) is 102 Å². The largest absolute Gasteiger partial charge is 0.207 e. The Kier molecular flexibility index (Phi) is 21.9. The number of aryl methyl sites for hydroxylation is 6. The molecule has 0 N–H and O–H groups in total. The first-order valence-corrected chi connectivity index (χ1v) is 22.3. The van der Waals surface area contributed by atoms with E-state index in [9.17, 15) is 4.39 Å². The van der Waals surface area contributed by atoms with Gasteiger partial charge in [0.15, 0.2) is 0 Å². The lowest BCUT2D eigenvalue weighted by atomic mass is 9.80. The normalized spacial score (nSPS) is 12.5. The van der Waals surface area contributed by atoms with Gasteiger partial charge in [-0.1, -0.05) is 200 Å². The van der Waals surface area contributed by atoms with Crippen molar-refractivity contribution in [2.24, 2.45) is 0 Å². The summed E-state index contributed by atoms with van der Waals surface area (Å²) in [7, 11) is 0. The maximum atomic E-state index is 12.2. The van der Waals surface area contributed by atoms with Gasteiger partial charge in [-0.3, -0.25) is 0 Å². The number of halogens is 1. The first-order valence-electron chi connectivity index (χ1n) is 21.5. The van der Waals surface area contributed by atoms with Gasteiger partial charge in [-0.2, -0.15) is 0 Å². The van der Waals surface area contributed by atoms with Crippen LogP contribution in [0.25, 0.3) is 34.9 Å². The first kappa shape index (κ1) is 51.6. The van der Waals surface area contributed by atoms with E-state index in [4.69, 9.17) is 0 Å². The lowest BCUT2D eigenvalue weighted by molar-refractivity contribution is 0.626. The van der Waals surface area contributed by atoms with E-state index in [0.717, 1.165) is 12.0 Å². The second-order valence-electron chi connectivity index (χ2n) is 15.4. The van der Waals surface area contributed by atoms with Gasteiger partial charge < -0.3 is 0 Å². The van der Waals surface area contributed by atoms with Crippen molar-refractivity contribution in [1.29, 1.82) is 0 Å². The molecule has 7 rings (SSSR count). The molecule has 0 atom stereocenters. The number of fused-ring (bicyclic) bond motifs is 4. The van der Waals surface area contributed by atoms with Crippen LogP contribution in [0.15, 0.2) is 154 Å². The van der Waals surface area contributed by atoms with E-state index < -0.39 is 0 Å². The van der Waals surface area contributed by atoms with Crippen molar-refractivity contribution < 1.29 is 4.39 Å². The molecule has 0 saturated heterocycles. The molecule has 0 amide bonds. The van der Waals surface area contributed by atoms with Crippen LogP contribution in [0.5, 0.6) is 0 Å².